The number of carbonyl (C=O) groups is 1. The predicted molar refractivity (Wildman–Crippen MR) is 53.2 cm³/mol. The molecule has 3 heteroatoms. The molecule has 0 heterocycles. The van der Waals surface area contributed by atoms with Gasteiger partial charge in [-0.25, -0.2) is 0 Å². The summed E-state index contributed by atoms with van der Waals surface area (Å²) in [4.78, 5) is 11.6. The van der Waals surface area contributed by atoms with E-state index < -0.39 is 0 Å². The van der Waals surface area contributed by atoms with Crippen LogP contribution >= 0.6 is 0 Å². The molecule has 0 aromatic heterocycles. The lowest BCUT2D eigenvalue weighted by Crippen LogP contribution is -2.39. The summed E-state index contributed by atoms with van der Waals surface area (Å²) in [5.41, 5.74) is 0.606. The molecule has 0 spiro atoms. The van der Waals surface area contributed by atoms with Crippen molar-refractivity contribution in [3.8, 4) is 5.75 Å². The molecule has 1 aliphatic rings. The van der Waals surface area contributed by atoms with Gasteiger partial charge in [-0.05, 0) is 43.5 Å². The first kappa shape index (κ1) is 9.06. The third kappa shape index (κ3) is 1.87. The van der Waals surface area contributed by atoms with E-state index in [9.17, 15) is 4.79 Å². The monoisotopic (exact) mass is 191 g/mol. The van der Waals surface area contributed by atoms with Gasteiger partial charge in [-0.2, -0.15) is 0 Å². The minimum Gasteiger partial charge on any atom is -0.508 e. The van der Waals surface area contributed by atoms with Crippen molar-refractivity contribution in [3.05, 3.63) is 29.8 Å². The van der Waals surface area contributed by atoms with Crippen LogP contribution in [0.15, 0.2) is 24.3 Å². The summed E-state index contributed by atoms with van der Waals surface area (Å²) >= 11 is 0. The van der Waals surface area contributed by atoms with Gasteiger partial charge in [-0.15, -0.1) is 0 Å². The molecule has 1 aromatic rings. The number of hydrogen-bond donors (Lipinski definition) is 2. The summed E-state index contributed by atoms with van der Waals surface area (Å²) in [5.74, 6) is 0.139. The van der Waals surface area contributed by atoms with Gasteiger partial charge in [0.15, 0.2) is 0 Å². The highest BCUT2D eigenvalue weighted by molar-refractivity contribution is 5.94. The van der Waals surface area contributed by atoms with Crippen LogP contribution in [0.4, 0.5) is 0 Å². The number of carbonyl (C=O) groups excluding carboxylic acids is 1. The molecule has 1 aromatic carbocycles. The van der Waals surface area contributed by atoms with Gasteiger partial charge >= 0.3 is 0 Å². The minimum absolute atomic E-state index is 0.0466. The largest absolute Gasteiger partial charge is 0.508 e. The fourth-order valence-electron chi connectivity index (χ4n) is 1.43. The van der Waals surface area contributed by atoms with Gasteiger partial charge in [0.1, 0.15) is 5.75 Å². The van der Waals surface area contributed by atoms with Gasteiger partial charge in [0.2, 0.25) is 0 Å². The summed E-state index contributed by atoms with van der Waals surface area (Å²) in [7, 11) is 0. The maximum absolute atomic E-state index is 11.6. The molecule has 0 radical (unpaired) electrons. The number of benzene rings is 1. The molecule has 1 aliphatic carbocycles. The Labute approximate surface area is 82.8 Å². The Kier molecular flexibility index (Phi) is 2.39. The quantitative estimate of drug-likeness (QED) is 0.747. The van der Waals surface area contributed by atoms with Crippen molar-refractivity contribution < 1.29 is 9.90 Å². The van der Waals surface area contributed by atoms with Crippen LogP contribution in [0.25, 0.3) is 0 Å². The second-order valence-electron chi connectivity index (χ2n) is 3.65. The number of phenolic OH excluding ortho intramolecular Hbond substituents is 1. The molecule has 14 heavy (non-hydrogen) atoms. The van der Waals surface area contributed by atoms with Crippen LogP contribution in [0, 0.1) is 0 Å². The number of phenols is 1. The molecule has 0 unspecified atom stereocenters. The molecule has 2 rings (SSSR count). The van der Waals surface area contributed by atoms with E-state index >= 15 is 0 Å². The third-order valence-electron chi connectivity index (χ3n) is 2.57. The summed E-state index contributed by atoms with van der Waals surface area (Å²) < 4.78 is 0. The fourth-order valence-corrected chi connectivity index (χ4v) is 1.43. The van der Waals surface area contributed by atoms with Gasteiger partial charge in [0.25, 0.3) is 5.91 Å². The van der Waals surface area contributed by atoms with E-state index in [2.05, 4.69) is 5.32 Å². The Balaban J connectivity index is 1.99. The van der Waals surface area contributed by atoms with Gasteiger partial charge in [0.05, 0.1) is 0 Å². The average molecular weight is 191 g/mol. The van der Waals surface area contributed by atoms with Crippen molar-refractivity contribution in [2.24, 2.45) is 0 Å². The Morgan fingerprint density at radius 2 is 1.93 bits per heavy atom. The van der Waals surface area contributed by atoms with Gasteiger partial charge in [0, 0.05) is 11.6 Å². The third-order valence-corrected chi connectivity index (χ3v) is 2.57. The minimum atomic E-state index is -0.0466. The first-order valence-corrected chi connectivity index (χ1v) is 4.85. The lowest BCUT2D eigenvalue weighted by molar-refractivity contribution is 0.0917. The highest BCUT2D eigenvalue weighted by Crippen LogP contribution is 2.18. The van der Waals surface area contributed by atoms with Gasteiger partial charge < -0.3 is 10.4 Å². The van der Waals surface area contributed by atoms with Crippen LogP contribution in [-0.2, 0) is 0 Å². The Morgan fingerprint density at radius 3 is 2.43 bits per heavy atom. The van der Waals surface area contributed by atoms with Gasteiger partial charge in [-0.3, -0.25) is 4.79 Å². The second-order valence-corrected chi connectivity index (χ2v) is 3.65. The van der Waals surface area contributed by atoms with Crippen LogP contribution in [0.1, 0.15) is 29.6 Å². The molecule has 1 saturated carbocycles. The van der Waals surface area contributed by atoms with Crippen LogP contribution in [-0.4, -0.2) is 17.1 Å². The van der Waals surface area contributed by atoms with Crippen molar-refractivity contribution in [3.63, 3.8) is 0 Å². The maximum atomic E-state index is 11.6. The Hall–Kier alpha value is -1.51. The second kappa shape index (κ2) is 3.70. The first-order valence-electron chi connectivity index (χ1n) is 4.85. The Morgan fingerprint density at radius 1 is 1.29 bits per heavy atom. The number of rotatable bonds is 2. The SMILES string of the molecule is O=C(NC1CCC1)c1ccc(O)cc1. The first-order chi connectivity index (χ1) is 6.75. The summed E-state index contributed by atoms with van der Waals surface area (Å²) in [6.45, 7) is 0. The van der Waals surface area contributed by atoms with Crippen molar-refractivity contribution >= 4 is 5.91 Å². The molecule has 74 valence electrons. The van der Waals surface area contributed by atoms with Crippen molar-refractivity contribution in [1.29, 1.82) is 0 Å². The topological polar surface area (TPSA) is 49.3 Å². The van der Waals surface area contributed by atoms with E-state index in [-0.39, 0.29) is 11.7 Å². The van der Waals surface area contributed by atoms with E-state index in [0.29, 0.717) is 11.6 Å². The highest BCUT2D eigenvalue weighted by Gasteiger charge is 2.19. The number of hydrogen-bond acceptors (Lipinski definition) is 2. The molecule has 2 N–H and O–H groups in total. The van der Waals surface area contributed by atoms with Crippen molar-refractivity contribution in [2.45, 2.75) is 25.3 Å². The molecule has 0 aliphatic heterocycles. The zero-order valence-electron chi connectivity index (χ0n) is 7.86. The molecular formula is C11H13NO2. The van der Waals surface area contributed by atoms with E-state index in [1.54, 1.807) is 12.1 Å². The number of amides is 1. The molecule has 1 amide bonds. The van der Waals surface area contributed by atoms with Crippen LogP contribution in [0.3, 0.4) is 0 Å². The van der Waals surface area contributed by atoms with E-state index in [4.69, 9.17) is 5.11 Å². The molecule has 0 atom stereocenters. The zero-order valence-corrected chi connectivity index (χ0v) is 7.86. The molecule has 3 nitrogen and oxygen atoms in total. The van der Waals surface area contributed by atoms with Crippen molar-refractivity contribution in [2.75, 3.05) is 0 Å². The van der Waals surface area contributed by atoms with E-state index in [0.717, 1.165) is 12.8 Å². The average Bonchev–Trinajstić information content (AvgIpc) is 2.12. The lowest BCUT2D eigenvalue weighted by atomic mass is 9.93. The molecular weight excluding hydrogens is 178 g/mol. The van der Waals surface area contributed by atoms with Crippen molar-refractivity contribution in [1.82, 2.24) is 5.32 Å². The zero-order chi connectivity index (χ0) is 9.97. The van der Waals surface area contributed by atoms with Crippen LogP contribution in [0.5, 0.6) is 5.75 Å². The molecule has 0 saturated heterocycles. The smallest absolute Gasteiger partial charge is 0.251 e. The van der Waals surface area contributed by atoms with E-state index in [1.807, 2.05) is 0 Å². The summed E-state index contributed by atoms with van der Waals surface area (Å²) in [6.07, 6.45) is 3.38. The number of aromatic hydroxyl groups is 1. The number of nitrogens with one attached hydrogen (secondary N) is 1. The highest BCUT2D eigenvalue weighted by atomic mass is 16.3. The Bertz CT molecular complexity index is 328. The maximum Gasteiger partial charge on any atom is 0.251 e. The molecule has 1 fully saturated rings. The predicted octanol–water partition coefficient (Wildman–Crippen LogP) is 1.67. The van der Waals surface area contributed by atoms with Gasteiger partial charge in [-0.1, -0.05) is 0 Å². The van der Waals surface area contributed by atoms with E-state index in [1.165, 1.54) is 18.6 Å². The summed E-state index contributed by atoms with van der Waals surface area (Å²) in [5, 5.41) is 12.0. The standard InChI is InChI=1S/C11H13NO2/c13-10-6-4-8(5-7-10)11(14)12-9-2-1-3-9/h4-7,9,13H,1-3H2,(H,12,14). The van der Waals surface area contributed by atoms with Crippen LogP contribution < -0.4 is 5.32 Å². The summed E-state index contributed by atoms with van der Waals surface area (Å²) in [6, 6.07) is 6.66. The van der Waals surface area contributed by atoms with Crippen LogP contribution in [0.2, 0.25) is 0 Å². The molecule has 0 bridgehead atoms. The fraction of sp³-hybridized carbons (Fsp3) is 0.364. The normalized spacial score (nSPS) is 16.0. The lowest BCUT2D eigenvalue weighted by Gasteiger charge is -2.26.